The first-order valence-corrected chi connectivity index (χ1v) is 8.03. The molecule has 5 nitrogen and oxygen atoms in total. The van der Waals surface area contributed by atoms with E-state index in [0.717, 1.165) is 45.2 Å². The van der Waals surface area contributed by atoms with E-state index in [4.69, 9.17) is 0 Å². The van der Waals surface area contributed by atoms with E-state index < -0.39 is 10.2 Å². The third-order valence-electron chi connectivity index (χ3n) is 3.71. The summed E-state index contributed by atoms with van der Waals surface area (Å²) >= 11 is 0. The van der Waals surface area contributed by atoms with Crippen molar-refractivity contribution < 1.29 is 8.42 Å². The molecule has 0 aliphatic carbocycles. The Morgan fingerprint density at radius 1 is 1.18 bits per heavy atom. The number of piperidine rings is 2. The summed E-state index contributed by atoms with van der Waals surface area (Å²) in [5.74, 6) is 0. The van der Waals surface area contributed by atoms with Crippen LogP contribution in [0.15, 0.2) is 0 Å². The topological polar surface area (TPSA) is 61.4 Å². The summed E-state index contributed by atoms with van der Waals surface area (Å²) in [5.41, 5.74) is 0. The van der Waals surface area contributed by atoms with Crippen LogP contribution in [-0.2, 0) is 10.2 Å². The summed E-state index contributed by atoms with van der Waals surface area (Å²) in [6.07, 6.45) is 4.88. The number of nitrogens with one attached hydrogen (secondary N) is 2. The molecule has 0 saturated carbocycles. The fraction of sp³-hybridized carbons (Fsp3) is 1.00. The van der Waals surface area contributed by atoms with E-state index in [1.54, 1.807) is 4.31 Å². The van der Waals surface area contributed by atoms with Crippen LogP contribution in [-0.4, -0.2) is 44.4 Å². The van der Waals surface area contributed by atoms with Gasteiger partial charge in [-0.3, -0.25) is 0 Å². The second-order valence-electron chi connectivity index (χ2n) is 5.10. The van der Waals surface area contributed by atoms with Gasteiger partial charge in [0.05, 0.1) is 0 Å². The van der Waals surface area contributed by atoms with Gasteiger partial charge in [0, 0.05) is 18.6 Å². The van der Waals surface area contributed by atoms with E-state index in [9.17, 15) is 8.42 Å². The lowest BCUT2D eigenvalue weighted by atomic mass is 10.1. The van der Waals surface area contributed by atoms with Gasteiger partial charge in [-0.15, -0.1) is 0 Å². The highest BCUT2D eigenvalue weighted by molar-refractivity contribution is 7.87. The second kappa shape index (κ2) is 5.65. The molecule has 2 aliphatic heterocycles. The minimum Gasteiger partial charge on any atom is -0.317 e. The normalized spacial score (nSPS) is 29.4. The van der Waals surface area contributed by atoms with E-state index in [-0.39, 0.29) is 12.1 Å². The van der Waals surface area contributed by atoms with E-state index in [1.165, 1.54) is 0 Å². The van der Waals surface area contributed by atoms with Gasteiger partial charge in [-0.1, -0.05) is 6.42 Å². The van der Waals surface area contributed by atoms with Crippen LogP contribution >= 0.6 is 0 Å². The van der Waals surface area contributed by atoms with Crippen molar-refractivity contribution in [3.8, 4) is 0 Å². The van der Waals surface area contributed by atoms with Crippen molar-refractivity contribution >= 4 is 10.2 Å². The van der Waals surface area contributed by atoms with Crippen molar-refractivity contribution in [3.05, 3.63) is 0 Å². The first-order chi connectivity index (χ1) is 8.09. The molecule has 0 aromatic heterocycles. The van der Waals surface area contributed by atoms with Crippen molar-refractivity contribution in [2.45, 2.75) is 51.1 Å². The SMILES string of the molecule is CC1CCCCN1S(=O)(=O)NC1CCNCC1. The van der Waals surface area contributed by atoms with Crippen molar-refractivity contribution in [3.63, 3.8) is 0 Å². The molecule has 0 radical (unpaired) electrons. The van der Waals surface area contributed by atoms with Gasteiger partial charge in [0.1, 0.15) is 0 Å². The van der Waals surface area contributed by atoms with Crippen LogP contribution < -0.4 is 10.0 Å². The molecule has 0 spiro atoms. The summed E-state index contributed by atoms with van der Waals surface area (Å²) in [4.78, 5) is 0. The Balaban J connectivity index is 1.96. The highest BCUT2D eigenvalue weighted by Crippen LogP contribution is 2.19. The van der Waals surface area contributed by atoms with Crippen LogP contribution in [0.25, 0.3) is 0 Å². The van der Waals surface area contributed by atoms with E-state index in [0.29, 0.717) is 6.54 Å². The zero-order chi connectivity index (χ0) is 12.3. The molecule has 2 fully saturated rings. The maximum absolute atomic E-state index is 12.3. The number of nitrogens with zero attached hydrogens (tertiary/aromatic N) is 1. The molecule has 100 valence electrons. The standard InChI is InChI=1S/C11H23N3O2S/c1-10-4-2-3-9-14(10)17(15,16)13-11-5-7-12-8-6-11/h10-13H,2-9H2,1H3. The van der Waals surface area contributed by atoms with Gasteiger partial charge in [-0.2, -0.15) is 17.4 Å². The molecular weight excluding hydrogens is 238 g/mol. The maximum Gasteiger partial charge on any atom is 0.279 e. The molecule has 2 N–H and O–H groups in total. The van der Waals surface area contributed by atoms with Crippen molar-refractivity contribution in [2.24, 2.45) is 0 Å². The molecule has 2 saturated heterocycles. The van der Waals surface area contributed by atoms with Crippen LogP contribution in [0.5, 0.6) is 0 Å². The first-order valence-electron chi connectivity index (χ1n) is 6.59. The van der Waals surface area contributed by atoms with Gasteiger partial charge in [0.15, 0.2) is 0 Å². The van der Waals surface area contributed by atoms with Gasteiger partial charge in [-0.25, -0.2) is 0 Å². The average molecular weight is 261 g/mol. The molecule has 0 bridgehead atoms. The van der Waals surface area contributed by atoms with E-state index in [1.807, 2.05) is 6.92 Å². The van der Waals surface area contributed by atoms with Gasteiger partial charge in [-0.05, 0) is 45.7 Å². The monoisotopic (exact) mass is 261 g/mol. The molecule has 0 amide bonds. The van der Waals surface area contributed by atoms with Crippen LogP contribution in [0.2, 0.25) is 0 Å². The largest absolute Gasteiger partial charge is 0.317 e. The lowest BCUT2D eigenvalue weighted by Crippen LogP contribution is -2.52. The Kier molecular flexibility index (Phi) is 4.41. The number of hydrogen-bond donors (Lipinski definition) is 2. The molecule has 17 heavy (non-hydrogen) atoms. The molecule has 2 aliphatic rings. The number of hydrogen-bond acceptors (Lipinski definition) is 3. The fourth-order valence-electron chi connectivity index (χ4n) is 2.65. The first kappa shape index (κ1) is 13.3. The highest BCUT2D eigenvalue weighted by Gasteiger charge is 2.31. The Morgan fingerprint density at radius 3 is 2.53 bits per heavy atom. The molecular formula is C11H23N3O2S. The van der Waals surface area contributed by atoms with Gasteiger partial charge >= 0.3 is 0 Å². The Bertz CT molecular complexity index is 339. The lowest BCUT2D eigenvalue weighted by Gasteiger charge is -2.34. The zero-order valence-electron chi connectivity index (χ0n) is 10.5. The predicted octanol–water partition coefficient (Wildman–Crippen LogP) is 0.447. The van der Waals surface area contributed by atoms with Crippen molar-refractivity contribution in [2.75, 3.05) is 19.6 Å². The van der Waals surface area contributed by atoms with Gasteiger partial charge < -0.3 is 5.32 Å². The molecule has 2 rings (SSSR count). The second-order valence-corrected chi connectivity index (χ2v) is 6.76. The summed E-state index contributed by atoms with van der Waals surface area (Å²) in [6, 6.07) is 0.248. The van der Waals surface area contributed by atoms with Crippen molar-refractivity contribution in [1.29, 1.82) is 0 Å². The van der Waals surface area contributed by atoms with E-state index in [2.05, 4.69) is 10.0 Å². The molecule has 1 unspecified atom stereocenters. The highest BCUT2D eigenvalue weighted by atomic mass is 32.2. The predicted molar refractivity (Wildman–Crippen MR) is 68.0 cm³/mol. The van der Waals surface area contributed by atoms with Crippen LogP contribution in [0.1, 0.15) is 39.0 Å². The minimum absolute atomic E-state index is 0.107. The summed E-state index contributed by atoms with van der Waals surface area (Å²) in [5, 5.41) is 3.24. The summed E-state index contributed by atoms with van der Waals surface area (Å²) < 4.78 is 29.0. The fourth-order valence-corrected chi connectivity index (χ4v) is 4.39. The zero-order valence-corrected chi connectivity index (χ0v) is 11.3. The number of rotatable bonds is 3. The third-order valence-corrected chi connectivity index (χ3v) is 5.50. The summed E-state index contributed by atoms with van der Waals surface area (Å²) in [7, 11) is -3.28. The van der Waals surface area contributed by atoms with Crippen molar-refractivity contribution in [1.82, 2.24) is 14.3 Å². The summed E-state index contributed by atoms with van der Waals surface area (Å²) in [6.45, 7) is 4.48. The smallest absolute Gasteiger partial charge is 0.279 e. The molecule has 0 aromatic rings. The molecule has 1 atom stereocenters. The lowest BCUT2D eigenvalue weighted by molar-refractivity contribution is 0.261. The van der Waals surface area contributed by atoms with Gasteiger partial charge in [0.25, 0.3) is 10.2 Å². The molecule has 2 heterocycles. The van der Waals surface area contributed by atoms with Crippen LogP contribution in [0.4, 0.5) is 0 Å². The quantitative estimate of drug-likeness (QED) is 0.775. The molecule has 0 aromatic carbocycles. The molecule has 6 heteroatoms. The van der Waals surface area contributed by atoms with Crippen LogP contribution in [0.3, 0.4) is 0 Å². The maximum atomic E-state index is 12.3. The Hall–Kier alpha value is -0.170. The Morgan fingerprint density at radius 2 is 1.88 bits per heavy atom. The minimum atomic E-state index is -3.28. The Labute approximate surface area is 104 Å². The van der Waals surface area contributed by atoms with Gasteiger partial charge in [0.2, 0.25) is 0 Å². The van der Waals surface area contributed by atoms with E-state index >= 15 is 0 Å². The third kappa shape index (κ3) is 3.40. The van der Waals surface area contributed by atoms with Crippen LogP contribution in [0, 0.1) is 0 Å². The average Bonchev–Trinajstić information content (AvgIpc) is 2.30.